The van der Waals surface area contributed by atoms with Crippen molar-refractivity contribution in [1.29, 1.82) is 0 Å². The Kier molecular flexibility index (Phi) is 3.05. The summed E-state index contributed by atoms with van der Waals surface area (Å²) >= 11 is 1.66. The van der Waals surface area contributed by atoms with Crippen LogP contribution in [0.25, 0.3) is 10.9 Å². The SMILES string of the molecule is Cc1ncsc1CNc1ccc(N)c2cccnc12. The molecule has 2 aromatic heterocycles. The summed E-state index contributed by atoms with van der Waals surface area (Å²) in [5.74, 6) is 0. The number of hydrogen-bond acceptors (Lipinski definition) is 5. The molecule has 0 atom stereocenters. The molecule has 1 aromatic carbocycles. The van der Waals surface area contributed by atoms with Gasteiger partial charge in [-0.15, -0.1) is 11.3 Å². The number of nitrogens with one attached hydrogen (secondary N) is 1. The third-order valence-electron chi connectivity index (χ3n) is 3.09. The molecule has 0 radical (unpaired) electrons. The van der Waals surface area contributed by atoms with Crippen molar-refractivity contribution in [2.75, 3.05) is 11.1 Å². The smallest absolute Gasteiger partial charge is 0.0953 e. The Morgan fingerprint density at radius 1 is 1.26 bits per heavy atom. The molecule has 5 heteroatoms. The highest BCUT2D eigenvalue weighted by atomic mass is 32.1. The molecule has 2 heterocycles. The second-order valence-corrected chi connectivity index (χ2v) is 5.26. The van der Waals surface area contributed by atoms with Crippen molar-refractivity contribution in [3.8, 4) is 0 Å². The molecule has 3 rings (SSSR count). The summed E-state index contributed by atoms with van der Waals surface area (Å²) in [5.41, 5.74) is 11.6. The molecule has 0 spiro atoms. The topological polar surface area (TPSA) is 63.8 Å². The van der Waals surface area contributed by atoms with Crippen LogP contribution in [0.2, 0.25) is 0 Å². The second kappa shape index (κ2) is 4.85. The summed E-state index contributed by atoms with van der Waals surface area (Å²) in [6, 6.07) is 7.77. The first kappa shape index (κ1) is 11.9. The number of hydrogen-bond donors (Lipinski definition) is 2. The van der Waals surface area contributed by atoms with Gasteiger partial charge in [-0.05, 0) is 31.2 Å². The summed E-state index contributed by atoms with van der Waals surface area (Å²) < 4.78 is 0. The number of fused-ring (bicyclic) bond motifs is 1. The Morgan fingerprint density at radius 3 is 2.95 bits per heavy atom. The number of aromatic nitrogens is 2. The van der Waals surface area contributed by atoms with Gasteiger partial charge in [0.15, 0.2) is 0 Å². The van der Waals surface area contributed by atoms with Crippen molar-refractivity contribution in [2.45, 2.75) is 13.5 Å². The lowest BCUT2D eigenvalue weighted by molar-refractivity contribution is 1.12. The minimum absolute atomic E-state index is 0.752. The number of nitrogens with two attached hydrogens (primary N) is 1. The van der Waals surface area contributed by atoms with Gasteiger partial charge >= 0.3 is 0 Å². The lowest BCUT2D eigenvalue weighted by atomic mass is 10.1. The molecule has 0 unspecified atom stereocenters. The van der Waals surface area contributed by atoms with Gasteiger partial charge in [0.1, 0.15) is 0 Å². The summed E-state index contributed by atoms with van der Waals surface area (Å²) in [7, 11) is 0. The molecule has 0 aliphatic rings. The molecule has 0 saturated heterocycles. The first-order valence-electron chi connectivity index (χ1n) is 6.02. The van der Waals surface area contributed by atoms with Crippen molar-refractivity contribution in [3.05, 3.63) is 46.5 Å². The molecule has 0 saturated carbocycles. The van der Waals surface area contributed by atoms with E-state index in [1.54, 1.807) is 17.5 Å². The van der Waals surface area contributed by atoms with Gasteiger partial charge in [-0.2, -0.15) is 0 Å². The highest BCUT2D eigenvalue weighted by Crippen LogP contribution is 2.27. The average Bonchev–Trinajstić information content (AvgIpc) is 2.84. The Hall–Kier alpha value is -2.14. The molecule has 19 heavy (non-hydrogen) atoms. The minimum Gasteiger partial charge on any atom is -0.398 e. The Balaban J connectivity index is 1.93. The standard InChI is InChI=1S/C14H14N4S/c1-9-13(19-8-18-9)7-17-12-5-4-11(15)10-3-2-6-16-14(10)12/h2-6,8,17H,7,15H2,1H3. The molecule has 0 aliphatic heterocycles. The molecule has 3 aromatic rings. The van der Waals surface area contributed by atoms with Crippen LogP contribution in [0.4, 0.5) is 11.4 Å². The number of rotatable bonds is 3. The van der Waals surface area contributed by atoms with E-state index in [-0.39, 0.29) is 0 Å². The molecule has 4 nitrogen and oxygen atoms in total. The fourth-order valence-corrected chi connectivity index (χ4v) is 2.73. The zero-order valence-electron chi connectivity index (χ0n) is 10.6. The number of benzene rings is 1. The Bertz CT molecular complexity index is 720. The molecule has 96 valence electrons. The maximum atomic E-state index is 5.96. The Morgan fingerprint density at radius 2 is 2.16 bits per heavy atom. The number of thiazole rings is 1. The number of nitrogen functional groups attached to an aromatic ring is 1. The van der Waals surface area contributed by atoms with Crippen LogP contribution >= 0.6 is 11.3 Å². The fraction of sp³-hybridized carbons (Fsp3) is 0.143. The maximum absolute atomic E-state index is 5.96. The van der Waals surface area contributed by atoms with Crippen LogP contribution in [0, 0.1) is 6.92 Å². The maximum Gasteiger partial charge on any atom is 0.0953 e. The van der Waals surface area contributed by atoms with Gasteiger partial charge in [0.25, 0.3) is 0 Å². The molecule has 3 N–H and O–H groups in total. The molecular formula is C14H14N4S. The van der Waals surface area contributed by atoms with E-state index in [1.165, 1.54) is 4.88 Å². The largest absolute Gasteiger partial charge is 0.398 e. The number of anilines is 2. The lowest BCUT2D eigenvalue weighted by Gasteiger charge is -2.10. The van der Waals surface area contributed by atoms with E-state index in [0.717, 1.165) is 34.5 Å². The van der Waals surface area contributed by atoms with E-state index >= 15 is 0 Å². The predicted molar refractivity (Wildman–Crippen MR) is 80.3 cm³/mol. The quantitative estimate of drug-likeness (QED) is 0.717. The number of nitrogens with zero attached hydrogens (tertiary/aromatic N) is 2. The van der Waals surface area contributed by atoms with E-state index in [0.29, 0.717) is 0 Å². The van der Waals surface area contributed by atoms with Gasteiger partial charge in [0.05, 0.1) is 29.0 Å². The monoisotopic (exact) mass is 270 g/mol. The third kappa shape index (κ3) is 2.24. The van der Waals surface area contributed by atoms with Gasteiger partial charge in [-0.1, -0.05) is 0 Å². The summed E-state index contributed by atoms with van der Waals surface area (Å²) in [6.45, 7) is 2.78. The molecule has 0 amide bonds. The first-order valence-corrected chi connectivity index (χ1v) is 6.89. The van der Waals surface area contributed by atoms with Crippen LogP contribution in [-0.2, 0) is 6.54 Å². The van der Waals surface area contributed by atoms with E-state index in [2.05, 4.69) is 15.3 Å². The van der Waals surface area contributed by atoms with Gasteiger partial charge in [0.2, 0.25) is 0 Å². The van der Waals surface area contributed by atoms with Crippen LogP contribution in [0.15, 0.2) is 36.0 Å². The van der Waals surface area contributed by atoms with Crippen LogP contribution in [0.3, 0.4) is 0 Å². The predicted octanol–water partition coefficient (Wildman–Crippen LogP) is 3.19. The van der Waals surface area contributed by atoms with Crippen LogP contribution in [0.5, 0.6) is 0 Å². The average molecular weight is 270 g/mol. The van der Waals surface area contributed by atoms with E-state index < -0.39 is 0 Å². The lowest BCUT2D eigenvalue weighted by Crippen LogP contribution is -2.01. The summed E-state index contributed by atoms with van der Waals surface area (Å²) in [6.07, 6.45) is 1.78. The highest BCUT2D eigenvalue weighted by Gasteiger charge is 2.06. The summed E-state index contributed by atoms with van der Waals surface area (Å²) in [4.78, 5) is 9.89. The molecule has 0 bridgehead atoms. The van der Waals surface area contributed by atoms with Crippen molar-refractivity contribution >= 4 is 33.6 Å². The van der Waals surface area contributed by atoms with Crippen molar-refractivity contribution in [1.82, 2.24) is 9.97 Å². The normalized spacial score (nSPS) is 10.8. The zero-order chi connectivity index (χ0) is 13.2. The second-order valence-electron chi connectivity index (χ2n) is 4.32. The van der Waals surface area contributed by atoms with E-state index in [9.17, 15) is 0 Å². The fourth-order valence-electron chi connectivity index (χ4n) is 2.01. The van der Waals surface area contributed by atoms with Gasteiger partial charge in [-0.3, -0.25) is 4.98 Å². The molecule has 0 aliphatic carbocycles. The number of pyridine rings is 1. The van der Waals surface area contributed by atoms with Crippen molar-refractivity contribution in [2.24, 2.45) is 0 Å². The van der Waals surface area contributed by atoms with Crippen LogP contribution in [0.1, 0.15) is 10.6 Å². The van der Waals surface area contributed by atoms with Crippen molar-refractivity contribution in [3.63, 3.8) is 0 Å². The van der Waals surface area contributed by atoms with Crippen LogP contribution in [-0.4, -0.2) is 9.97 Å². The zero-order valence-corrected chi connectivity index (χ0v) is 11.4. The first-order chi connectivity index (χ1) is 9.25. The van der Waals surface area contributed by atoms with Gasteiger partial charge < -0.3 is 11.1 Å². The number of aryl methyl sites for hydroxylation is 1. The van der Waals surface area contributed by atoms with E-state index in [4.69, 9.17) is 5.73 Å². The highest BCUT2D eigenvalue weighted by molar-refractivity contribution is 7.09. The summed E-state index contributed by atoms with van der Waals surface area (Å²) in [5, 5.41) is 4.39. The minimum atomic E-state index is 0.752. The van der Waals surface area contributed by atoms with Gasteiger partial charge in [-0.25, -0.2) is 4.98 Å². The Labute approximate surface area is 115 Å². The van der Waals surface area contributed by atoms with Crippen LogP contribution < -0.4 is 11.1 Å². The third-order valence-corrected chi connectivity index (χ3v) is 4.02. The van der Waals surface area contributed by atoms with E-state index in [1.807, 2.05) is 36.7 Å². The molecular weight excluding hydrogens is 256 g/mol. The van der Waals surface area contributed by atoms with Crippen molar-refractivity contribution < 1.29 is 0 Å². The molecule has 0 fully saturated rings. The van der Waals surface area contributed by atoms with Gasteiger partial charge in [0, 0.05) is 22.1 Å².